The molecule has 6 heteroatoms. The number of benzene rings is 2. The van der Waals surface area contributed by atoms with Gasteiger partial charge in [0.2, 0.25) is 0 Å². The average molecular weight is 355 g/mol. The van der Waals surface area contributed by atoms with Gasteiger partial charge in [0.25, 0.3) is 0 Å². The van der Waals surface area contributed by atoms with Crippen LogP contribution < -0.4 is 20.1 Å². The third kappa shape index (κ3) is 5.81. The van der Waals surface area contributed by atoms with Crippen LogP contribution in [0.1, 0.15) is 18.9 Å². The minimum absolute atomic E-state index is 0.383. The molecule has 6 nitrogen and oxygen atoms in total. The first kappa shape index (κ1) is 19.3. The van der Waals surface area contributed by atoms with E-state index in [1.165, 1.54) is 0 Å². The van der Waals surface area contributed by atoms with Gasteiger partial charge >= 0.3 is 6.03 Å². The maximum absolute atomic E-state index is 12.0. The van der Waals surface area contributed by atoms with E-state index in [2.05, 4.69) is 15.6 Å². The van der Waals surface area contributed by atoms with Crippen molar-refractivity contribution in [2.45, 2.75) is 19.8 Å². The smallest absolute Gasteiger partial charge is 0.347 e. The quantitative estimate of drug-likeness (QED) is 0.584. The summed E-state index contributed by atoms with van der Waals surface area (Å²) in [5.74, 6) is 2.06. The molecule has 0 bridgehead atoms. The second-order valence-electron chi connectivity index (χ2n) is 5.57. The summed E-state index contributed by atoms with van der Waals surface area (Å²) in [6.07, 6.45) is 1.42. The number of hydrogen-bond donors (Lipinski definition) is 2. The first-order valence-electron chi connectivity index (χ1n) is 8.54. The van der Waals surface area contributed by atoms with Crippen LogP contribution in [0.2, 0.25) is 0 Å². The van der Waals surface area contributed by atoms with Gasteiger partial charge < -0.3 is 20.1 Å². The fourth-order valence-corrected chi connectivity index (χ4v) is 2.43. The Kier molecular flexibility index (Phi) is 7.49. The number of amidine groups is 1. The van der Waals surface area contributed by atoms with Gasteiger partial charge in [-0.05, 0) is 36.2 Å². The number of para-hydroxylation sites is 1. The Hall–Kier alpha value is -3.02. The number of methoxy groups -OCH3 is 2. The summed E-state index contributed by atoms with van der Waals surface area (Å²) < 4.78 is 10.6. The molecule has 0 aliphatic heterocycles. The Labute approximate surface area is 154 Å². The molecule has 2 N–H and O–H groups in total. The molecule has 26 heavy (non-hydrogen) atoms. The molecule has 0 saturated carbocycles. The molecule has 2 aromatic rings. The minimum atomic E-state index is -0.383. The van der Waals surface area contributed by atoms with Crippen LogP contribution in [0.5, 0.6) is 11.5 Å². The van der Waals surface area contributed by atoms with Gasteiger partial charge in [-0.15, -0.1) is 0 Å². The van der Waals surface area contributed by atoms with Crippen LogP contribution in [0.25, 0.3) is 0 Å². The molecule has 0 atom stereocenters. The molecule has 0 spiro atoms. The predicted molar refractivity (Wildman–Crippen MR) is 104 cm³/mol. The molecule has 2 rings (SSSR count). The Balaban J connectivity index is 1.89. The van der Waals surface area contributed by atoms with E-state index in [0.717, 1.165) is 17.7 Å². The zero-order chi connectivity index (χ0) is 18.8. The van der Waals surface area contributed by atoms with Gasteiger partial charge in [-0.3, -0.25) is 0 Å². The normalized spacial score (nSPS) is 11.0. The lowest BCUT2D eigenvalue weighted by Gasteiger charge is -2.11. The Bertz CT molecular complexity index is 745. The maximum Gasteiger partial charge on any atom is 0.347 e. The number of amides is 2. The number of rotatable bonds is 7. The van der Waals surface area contributed by atoms with Crippen molar-refractivity contribution in [1.82, 2.24) is 5.32 Å². The van der Waals surface area contributed by atoms with Gasteiger partial charge in [0.15, 0.2) is 11.5 Å². The Morgan fingerprint density at radius 1 is 1.04 bits per heavy atom. The zero-order valence-electron chi connectivity index (χ0n) is 15.4. The molecule has 0 saturated heterocycles. The number of anilines is 1. The minimum Gasteiger partial charge on any atom is -0.493 e. The molecule has 0 aliphatic carbocycles. The summed E-state index contributed by atoms with van der Waals surface area (Å²) in [5.41, 5.74) is 1.83. The number of ether oxygens (including phenoxy) is 2. The number of urea groups is 1. The summed E-state index contributed by atoms with van der Waals surface area (Å²) in [5, 5.41) is 5.96. The van der Waals surface area contributed by atoms with Crippen molar-refractivity contribution >= 4 is 17.6 Å². The Morgan fingerprint density at radius 3 is 2.42 bits per heavy atom. The average Bonchev–Trinajstić information content (AvgIpc) is 2.67. The fraction of sp³-hybridized carbons (Fsp3) is 0.300. The molecular formula is C20H25N3O3. The fourth-order valence-electron chi connectivity index (χ4n) is 2.43. The van der Waals surface area contributed by atoms with Gasteiger partial charge in [-0.1, -0.05) is 31.2 Å². The molecule has 0 unspecified atom stereocenters. The van der Waals surface area contributed by atoms with Gasteiger partial charge in [0.1, 0.15) is 5.84 Å². The van der Waals surface area contributed by atoms with Crippen LogP contribution >= 0.6 is 0 Å². The molecule has 138 valence electrons. The first-order valence-corrected chi connectivity index (χ1v) is 8.54. The lowest BCUT2D eigenvalue weighted by atomic mass is 10.1. The number of carbonyl (C=O) groups excluding carboxylic acids is 1. The van der Waals surface area contributed by atoms with Crippen molar-refractivity contribution in [3.63, 3.8) is 0 Å². The highest BCUT2D eigenvalue weighted by Crippen LogP contribution is 2.27. The third-order valence-electron chi connectivity index (χ3n) is 3.79. The molecule has 0 radical (unpaired) electrons. The monoisotopic (exact) mass is 355 g/mol. The maximum atomic E-state index is 12.0. The summed E-state index contributed by atoms with van der Waals surface area (Å²) >= 11 is 0. The second kappa shape index (κ2) is 10.1. The summed E-state index contributed by atoms with van der Waals surface area (Å²) in [6.45, 7) is 2.62. The number of aliphatic imine (C=N–C) groups is 1. The Morgan fingerprint density at radius 2 is 1.77 bits per heavy atom. The molecule has 0 aliphatic rings. The standard InChI is InChI=1S/C20H25N3O3/c1-4-19(23-20(24)22-16-8-6-5-7-9-16)21-13-12-15-10-11-17(25-2)18(14-15)26-3/h5-11,14H,4,12-13H2,1-3H3,(H2,21,22,23,24). The number of nitrogens with zero attached hydrogens (tertiary/aromatic N) is 1. The van der Waals surface area contributed by atoms with E-state index in [9.17, 15) is 4.79 Å². The van der Waals surface area contributed by atoms with E-state index in [1.807, 2.05) is 55.5 Å². The molecular weight excluding hydrogens is 330 g/mol. The summed E-state index contributed by atoms with van der Waals surface area (Å²) in [6, 6.07) is 14.7. The lowest BCUT2D eigenvalue weighted by molar-refractivity contribution is 0.259. The highest BCUT2D eigenvalue weighted by molar-refractivity contribution is 5.99. The van der Waals surface area contributed by atoms with Crippen LogP contribution in [0, 0.1) is 0 Å². The van der Waals surface area contributed by atoms with Crippen molar-refractivity contribution in [3.05, 3.63) is 54.1 Å². The van der Waals surface area contributed by atoms with E-state index >= 15 is 0 Å². The summed E-state index contributed by atoms with van der Waals surface area (Å²) in [4.78, 5) is 16.1. The highest BCUT2D eigenvalue weighted by atomic mass is 16.5. The van der Waals surface area contributed by atoms with Crippen LogP contribution in [-0.2, 0) is 6.42 Å². The van der Waals surface area contributed by atoms with Crippen molar-refractivity contribution < 1.29 is 14.3 Å². The number of hydrogen-bond acceptors (Lipinski definition) is 3. The number of carbonyl (C=O) groups is 1. The predicted octanol–water partition coefficient (Wildman–Crippen LogP) is 3.88. The van der Waals surface area contributed by atoms with E-state index < -0.39 is 0 Å². The van der Waals surface area contributed by atoms with Gasteiger partial charge in [0.05, 0.1) is 14.2 Å². The first-order chi connectivity index (χ1) is 12.7. The van der Waals surface area contributed by atoms with Crippen molar-refractivity contribution in [2.24, 2.45) is 4.99 Å². The van der Waals surface area contributed by atoms with Crippen molar-refractivity contribution in [2.75, 3.05) is 26.1 Å². The molecule has 0 fully saturated rings. The van der Waals surface area contributed by atoms with Crippen molar-refractivity contribution in [3.8, 4) is 11.5 Å². The van der Waals surface area contributed by atoms with Gasteiger partial charge in [-0.2, -0.15) is 4.99 Å². The van der Waals surface area contributed by atoms with Crippen molar-refractivity contribution in [1.29, 1.82) is 0 Å². The third-order valence-corrected chi connectivity index (χ3v) is 3.79. The van der Waals surface area contributed by atoms with Gasteiger partial charge in [0, 0.05) is 18.7 Å². The van der Waals surface area contributed by atoms with Crippen LogP contribution in [0.3, 0.4) is 0 Å². The molecule has 0 aromatic heterocycles. The zero-order valence-corrected chi connectivity index (χ0v) is 15.4. The molecule has 0 heterocycles. The molecule has 2 amide bonds. The van der Waals surface area contributed by atoms with E-state index in [0.29, 0.717) is 30.3 Å². The summed E-state index contributed by atoms with van der Waals surface area (Å²) in [7, 11) is 3.23. The van der Waals surface area contributed by atoms with E-state index in [1.54, 1.807) is 14.2 Å². The van der Waals surface area contributed by atoms with E-state index in [-0.39, 0.29) is 6.03 Å². The molecule has 2 aromatic carbocycles. The SMILES string of the molecule is CC/C(=N\C(=O)Nc1ccccc1)NCCc1ccc(OC)c(OC)c1. The lowest BCUT2D eigenvalue weighted by Crippen LogP contribution is -2.27. The highest BCUT2D eigenvalue weighted by Gasteiger charge is 2.06. The van der Waals surface area contributed by atoms with Gasteiger partial charge in [-0.25, -0.2) is 4.79 Å². The van der Waals surface area contributed by atoms with Crippen LogP contribution in [-0.4, -0.2) is 32.6 Å². The topological polar surface area (TPSA) is 72.0 Å². The second-order valence-corrected chi connectivity index (χ2v) is 5.57. The van der Waals surface area contributed by atoms with Crippen LogP contribution in [0.15, 0.2) is 53.5 Å². The number of nitrogens with one attached hydrogen (secondary N) is 2. The largest absolute Gasteiger partial charge is 0.493 e. The van der Waals surface area contributed by atoms with E-state index in [4.69, 9.17) is 9.47 Å². The van der Waals surface area contributed by atoms with Crippen LogP contribution in [0.4, 0.5) is 10.5 Å².